The van der Waals surface area contributed by atoms with Crippen LogP contribution in [0.3, 0.4) is 0 Å². The van der Waals surface area contributed by atoms with E-state index < -0.39 is 0 Å². The van der Waals surface area contributed by atoms with Gasteiger partial charge < -0.3 is 15.1 Å². The topological polar surface area (TPSA) is 35.6 Å². The quantitative estimate of drug-likeness (QED) is 0.838. The Morgan fingerprint density at radius 1 is 1.33 bits per heavy atom. The minimum absolute atomic E-state index is 0.0400. The van der Waals surface area contributed by atoms with Gasteiger partial charge in [0.25, 0.3) is 0 Å². The molecule has 0 bridgehead atoms. The van der Waals surface area contributed by atoms with Crippen LogP contribution in [-0.4, -0.2) is 44.0 Å². The zero-order valence-electron chi connectivity index (χ0n) is 13.6. The third-order valence-electron chi connectivity index (χ3n) is 3.27. The number of anilines is 1. The molecule has 21 heavy (non-hydrogen) atoms. The normalized spacial score (nSPS) is 10.8. The van der Waals surface area contributed by atoms with Crippen molar-refractivity contribution in [3.63, 3.8) is 0 Å². The average Bonchev–Trinajstić information content (AvgIpc) is 2.42. The van der Waals surface area contributed by atoms with Crippen molar-refractivity contribution in [1.82, 2.24) is 10.2 Å². The molecule has 4 nitrogen and oxygen atoms in total. The molecule has 0 unspecified atom stereocenters. The first kappa shape index (κ1) is 17.4. The lowest BCUT2D eigenvalue weighted by Crippen LogP contribution is -2.37. The number of benzene rings is 1. The molecule has 1 aromatic rings. The lowest BCUT2D eigenvalue weighted by atomic mass is 10.1. The second-order valence-electron chi connectivity index (χ2n) is 5.62. The Morgan fingerprint density at radius 2 is 2.00 bits per heavy atom. The number of nitrogens with one attached hydrogen (secondary N) is 1. The van der Waals surface area contributed by atoms with Gasteiger partial charge in [-0.1, -0.05) is 19.9 Å². The monoisotopic (exact) mass is 295 g/mol. The van der Waals surface area contributed by atoms with Crippen LogP contribution in [-0.2, 0) is 11.3 Å². The minimum Gasteiger partial charge on any atom is -0.360 e. The van der Waals surface area contributed by atoms with Crippen molar-refractivity contribution >= 4 is 11.6 Å². The molecule has 5 heteroatoms. The van der Waals surface area contributed by atoms with Gasteiger partial charge in [0.15, 0.2) is 0 Å². The summed E-state index contributed by atoms with van der Waals surface area (Å²) in [6.07, 6.45) is 0. The molecular formula is C16H26FN3O. The van der Waals surface area contributed by atoms with Crippen molar-refractivity contribution in [1.29, 1.82) is 0 Å². The predicted molar refractivity (Wildman–Crippen MR) is 85.0 cm³/mol. The number of halogens is 1. The van der Waals surface area contributed by atoms with Crippen LogP contribution in [0, 0.1) is 5.82 Å². The van der Waals surface area contributed by atoms with Crippen LogP contribution in [0.4, 0.5) is 10.1 Å². The van der Waals surface area contributed by atoms with Crippen molar-refractivity contribution in [2.45, 2.75) is 33.4 Å². The molecule has 0 atom stereocenters. The van der Waals surface area contributed by atoms with E-state index in [4.69, 9.17) is 0 Å². The molecule has 1 N–H and O–H groups in total. The molecule has 0 aliphatic carbocycles. The summed E-state index contributed by atoms with van der Waals surface area (Å²) in [5.74, 6) is -0.326. The average molecular weight is 295 g/mol. The lowest BCUT2D eigenvalue weighted by Gasteiger charge is -2.25. The summed E-state index contributed by atoms with van der Waals surface area (Å²) in [6.45, 7) is 7.42. The van der Waals surface area contributed by atoms with Gasteiger partial charge in [-0.05, 0) is 24.6 Å². The third kappa shape index (κ3) is 5.34. The summed E-state index contributed by atoms with van der Waals surface area (Å²) in [7, 11) is 3.40. The molecule has 0 saturated carbocycles. The van der Waals surface area contributed by atoms with Gasteiger partial charge in [0.2, 0.25) is 5.91 Å². The van der Waals surface area contributed by atoms with Crippen molar-refractivity contribution in [2.24, 2.45) is 0 Å². The zero-order valence-corrected chi connectivity index (χ0v) is 13.6. The molecule has 0 saturated heterocycles. The van der Waals surface area contributed by atoms with E-state index in [-0.39, 0.29) is 18.3 Å². The maximum absolute atomic E-state index is 14.3. The maximum Gasteiger partial charge on any atom is 0.241 e. The summed E-state index contributed by atoms with van der Waals surface area (Å²) < 4.78 is 14.3. The van der Waals surface area contributed by atoms with E-state index >= 15 is 0 Å². The summed E-state index contributed by atoms with van der Waals surface area (Å²) in [6, 6.07) is 5.54. The highest BCUT2D eigenvalue weighted by Gasteiger charge is 2.15. The molecule has 1 rings (SSSR count). The minimum atomic E-state index is -0.286. The largest absolute Gasteiger partial charge is 0.360 e. The first-order chi connectivity index (χ1) is 9.85. The predicted octanol–water partition coefficient (Wildman–Crippen LogP) is 2.24. The number of hydrogen-bond donors (Lipinski definition) is 1. The van der Waals surface area contributed by atoms with E-state index in [0.29, 0.717) is 24.8 Å². The van der Waals surface area contributed by atoms with Crippen LogP contribution in [0.1, 0.15) is 26.3 Å². The van der Waals surface area contributed by atoms with Crippen LogP contribution >= 0.6 is 0 Å². The molecule has 0 radical (unpaired) electrons. The van der Waals surface area contributed by atoms with Crippen LogP contribution in [0.5, 0.6) is 0 Å². The Balaban J connectivity index is 2.83. The molecule has 1 amide bonds. The van der Waals surface area contributed by atoms with Crippen molar-refractivity contribution in [3.8, 4) is 0 Å². The summed E-state index contributed by atoms with van der Waals surface area (Å²) >= 11 is 0. The number of hydrogen-bond acceptors (Lipinski definition) is 3. The Kier molecular flexibility index (Phi) is 6.62. The standard InChI is InChI=1S/C16H26FN3O/c1-6-20(11-16(21)19(4)5)15-8-7-13(9-14(15)17)10-18-12(2)3/h7-9,12,18H,6,10-11H2,1-5H3. The second kappa shape index (κ2) is 7.98. The first-order valence-electron chi connectivity index (χ1n) is 7.32. The number of amides is 1. The highest BCUT2D eigenvalue weighted by molar-refractivity contribution is 5.81. The summed E-state index contributed by atoms with van der Waals surface area (Å²) in [4.78, 5) is 15.1. The van der Waals surface area contributed by atoms with Crippen LogP contribution in [0.2, 0.25) is 0 Å². The third-order valence-corrected chi connectivity index (χ3v) is 3.27. The molecule has 118 valence electrons. The van der Waals surface area contributed by atoms with Crippen LogP contribution in [0.15, 0.2) is 18.2 Å². The second-order valence-corrected chi connectivity index (χ2v) is 5.62. The lowest BCUT2D eigenvalue weighted by molar-refractivity contribution is -0.127. The number of nitrogens with zero attached hydrogens (tertiary/aromatic N) is 2. The van der Waals surface area contributed by atoms with E-state index in [2.05, 4.69) is 19.2 Å². The fraction of sp³-hybridized carbons (Fsp3) is 0.562. The van der Waals surface area contributed by atoms with E-state index in [1.54, 1.807) is 25.1 Å². The van der Waals surface area contributed by atoms with Gasteiger partial charge in [0.1, 0.15) is 5.82 Å². The Bertz CT molecular complexity index is 475. The van der Waals surface area contributed by atoms with E-state index in [9.17, 15) is 9.18 Å². The van der Waals surface area contributed by atoms with Crippen LogP contribution < -0.4 is 10.2 Å². The van der Waals surface area contributed by atoms with E-state index in [1.807, 2.05) is 13.0 Å². The molecule has 0 heterocycles. The first-order valence-corrected chi connectivity index (χ1v) is 7.32. The maximum atomic E-state index is 14.3. The zero-order chi connectivity index (χ0) is 16.0. The fourth-order valence-electron chi connectivity index (χ4n) is 1.91. The van der Waals surface area contributed by atoms with Crippen LogP contribution in [0.25, 0.3) is 0 Å². The Labute approximate surface area is 126 Å². The van der Waals surface area contributed by atoms with Gasteiger partial charge in [0.05, 0.1) is 12.2 Å². The van der Waals surface area contributed by atoms with Crippen molar-refractivity contribution in [3.05, 3.63) is 29.6 Å². The fourth-order valence-corrected chi connectivity index (χ4v) is 1.91. The molecule has 0 aliphatic heterocycles. The van der Waals surface area contributed by atoms with Crippen molar-refractivity contribution in [2.75, 3.05) is 32.1 Å². The smallest absolute Gasteiger partial charge is 0.241 e. The highest BCUT2D eigenvalue weighted by Crippen LogP contribution is 2.20. The Morgan fingerprint density at radius 3 is 2.48 bits per heavy atom. The number of rotatable bonds is 7. The van der Waals surface area contributed by atoms with Crippen molar-refractivity contribution < 1.29 is 9.18 Å². The number of carbonyl (C=O) groups is 1. The molecule has 0 spiro atoms. The summed E-state index contributed by atoms with van der Waals surface area (Å²) in [5, 5.41) is 3.26. The van der Waals surface area contributed by atoms with Gasteiger partial charge >= 0.3 is 0 Å². The van der Waals surface area contributed by atoms with Gasteiger partial charge in [-0.3, -0.25) is 4.79 Å². The number of carbonyl (C=O) groups excluding carboxylic acids is 1. The molecule has 0 fully saturated rings. The molecule has 0 aliphatic rings. The van der Waals surface area contributed by atoms with Gasteiger partial charge in [-0.15, -0.1) is 0 Å². The Hall–Kier alpha value is -1.62. The van der Waals surface area contributed by atoms with Gasteiger partial charge in [-0.25, -0.2) is 4.39 Å². The number of likely N-dealkylation sites (N-methyl/N-ethyl adjacent to an activating group) is 2. The van der Waals surface area contributed by atoms with E-state index in [1.165, 1.54) is 11.0 Å². The summed E-state index contributed by atoms with van der Waals surface area (Å²) in [5.41, 5.74) is 1.38. The molecule has 1 aromatic carbocycles. The highest BCUT2D eigenvalue weighted by atomic mass is 19.1. The SMILES string of the molecule is CCN(CC(=O)N(C)C)c1ccc(CNC(C)C)cc1F. The molecule has 0 aromatic heterocycles. The van der Waals surface area contributed by atoms with Gasteiger partial charge in [0, 0.05) is 33.2 Å². The van der Waals surface area contributed by atoms with Gasteiger partial charge in [-0.2, -0.15) is 0 Å². The molecular weight excluding hydrogens is 269 g/mol. The van der Waals surface area contributed by atoms with E-state index in [0.717, 1.165) is 5.56 Å².